The van der Waals surface area contributed by atoms with E-state index in [-0.39, 0.29) is 17.1 Å². The fourth-order valence-corrected chi connectivity index (χ4v) is 1.41. The molecule has 2 aromatic rings. The number of nitrogen functional groups attached to an aromatic ring is 1. The monoisotopic (exact) mass is 245 g/mol. The highest BCUT2D eigenvalue weighted by Gasteiger charge is 2.09. The summed E-state index contributed by atoms with van der Waals surface area (Å²) in [6, 6.07) is 6.79. The Morgan fingerprint density at radius 2 is 1.83 bits per heavy atom. The molecule has 6 heteroatoms. The second-order valence-electron chi connectivity index (χ2n) is 3.66. The van der Waals surface area contributed by atoms with Gasteiger partial charge in [-0.1, -0.05) is 0 Å². The molecule has 0 atom stereocenters. The second kappa shape index (κ2) is 4.62. The van der Waals surface area contributed by atoms with Crippen LogP contribution in [0.3, 0.4) is 0 Å². The molecule has 92 valence electrons. The van der Waals surface area contributed by atoms with E-state index in [1.54, 1.807) is 12.1 Å². The summed E-state index contributed by atoms with van der Waals surface area (Å²) in [4.78, 5) is 15.6. The molecule has 0 fully saturated rings. The van der Waals surface area contributed by atoms with Crippen molar-refractivity contribution in [2.24, 2.45) is 0 Å². The van der Waals surface area contributed by atoms with Gasteiger partial charge < -0.3 is 21.3 Å². The number of anilines is 2. The van der Waals surface area contributed by atoms with Gasteiger partial charge in [-0.05, 0) is 24.3 Å². The molecular formula is C12H11N3O3. The molecule has 6 nitrogen and oxygen atoms in total. The SMILES string of the molecule is Nc1ccc(NC(=O)c2cc(O)cc(O)c2)cn1. The normalized spacial score (nSPS) is 10.0. The summed E-state index contributed by atoms with van der Waals surface area (Å²) in [6.45, 7) is 0. The molecule has 5 N–H and O–H groups in total. The molecule has 1 amide bonds. The first-order valence-corrected chi connectivity index (χ1v) is 5.10. The number of rotatable bonds is 2. The summed E-state index contributed by atoms with van der Waals surface area (Å²) in [5, 5.41) is 21.1. The molecule has 0 spiro atoms. The number of benzene rings is 1. The number of nitrogens with one attached hydrogen (secondary N) is 1. The first kappa shape index (κ1) is 11.7. The van der Waals surface area contributed by atoms with Gasteiger partial charge in [-0.2, -0.15) is 0 Å². The van der Waals surface area contributed by atoms with Crippen LogP contribution in [0.4, 0.5) is 11.5 Å². The Hall–Kier alpha value is -2.76. The Kier molecular flexibility index (Phi) is 3.01. The van der Waals surface area contributed by atoms with Gasteiger partial charge in [0.05, 0.1) is 11.9 Å². The van der Waals surface area contributed by atoms with Crippen molar-refractivity contribution in [1.82, 2.24) is 4.98 Å². The molecule has 0 aliphatic rings. The summed E-state index contributed by atoms with van der Waals surface area (Å²) < 4.78 is 0. The molecule has 0 saturated heterocycles. The van der Waals surface area contributed by atoms with Crippen LogP contribution in [0.1, 0.15) is 10.4 Å². The van der Waals surface area contributed by atoms with Crippen molar-refractivity contribution in [3.63, 3.8) is 0 Å². The van der Waals surface area contributed by atoms with Gasteiger partial charge in [-0.3, -0.25) is 4.79 Å². The first-order chi connectivity index (χ1) is 8.54. The zero-order valence-electron chi connectivity index (χ0n) is 9.29. The maximum atomic E-state index is 11.8. The van der Waals surface area contributed by atoms with Crippen molar-refractivity contribution >= 4 is 17.4 Å². The lowest BCUT2D eigenvalue weighted by atomic mass is 10.2. The summed E-state index contributed by atoms with van der Waals surface area (Å²) >= 11 is 0. The third kappa shape index (κ3) is 2.67. The number of amides is 1. The Bertz CT molecular complexity index is 561. The summed E-state index contributed by atoms with van der Waals surface area (Å²) in [5.74, 6) is -0.484. The number of carbonyl (C=O) groups is 1. The maximum Gasteiger partial charge on any atom is 0.255 e. The molecule has 18 heavy (non-hydrogen) atoms. The highest BCUT2D eigenvalue weighted by Crippen LogP contribution is 2.21. The van der Waals surface area contributed by atoms with Gasteiger partial charge in [0, 0.05) is 11.6 Å². The Labute approximate surface area is 103 Å². The third-order valence-corrected chi connectivity index (χ3v) is 2.21. The lowest BCUT2D eigenvalue weighted by molar-refractivity contribution is 0.102. The second-order valence-corrected chi connectivity index (χ2v) is 3.66. The number of nitrogens with two attached hydrogens (primary N) is 1. The van der Waals surface area contributed by atoms with Crippen LogP contribution in [-0.4, -0.2) is 21.1 Å². The van der Waals surface area contributed by atoms with Gasteiger partial charge in [0.25, 0.3) is 5.91 Å². The maximum absolute atomic E-state index is 11.8. The van der Waals surface area contributed by atoms with Crippen LogP contribution < -0.4 is 11.1 Å². The van der Waals surface area contributed by atoms with Gasteiger partial charge in [0.2, 0.25) is 0 Å². The lowest BCUT2D eigenvalue weighted by Crippen LogP contribution is -2.12. The molecular weight excluding hydrogens is 234 g/mol. The zero-order valence-corrected chi connectivity index (χ0v) is 9.29. The van der Waals surface area contributed by atoms with Crippen LogP contribution >= 0.6 is 0 Å². The Balaban J connectivity index is 2.19. The van der Waals surface area contributed by atoms with Crippen molar-refractivity contribution in [1.29, 1.82) is 0 Å². The fourth-order valence-electron chi connectivity index (χ4n) is 1.41. The largest absolute Gasteiger partial charge is 0.508 e. The predicted octanol–water partition coefficient (Wildman–Crippen LogP) is 1.33. The van der Waals surface area contributed by atoms with Crippen LogP contribution in [0.5, 0.6) is 11.5 Å². The smallest absolute Gasteiger partial charge is 0.255 e. The van der Waals surface area contributed by atoms with Gasteiger partial charge in [0.1, 0.15) is 17.3 Å². The highest BCUT2D eigenvalue weighted by atomic mass is 16.3. The van der Waals surface area contributed by atoms with Crippen molar-refractivity contribution in [2.75, 3.05) is 11.1 Å². The average molecular weight is 245 g/mol. The van der Waals surface area contributed by atoms with Gasteiger partial charge in [0.15, 0.2) is 0 Å². The predicted molar refractivity (Wildman–Crippen MR) is 66.4 cm³/mol. The van der Waals surface area contributed by atoms with E-state index in [1.165, 1.54) is 18.3 Å². The van der Waals surface area contributed by atoms with Crippen LogP contribution in [0.25, 0.3) is 0 Å². The lowest BCUT2D eigenvalue weighted by Gasteiger charge is -2.06. The molecule has 1 aromatic carbocycles. The molecule has 0 unspecified atom stereocenters. The minimum absolute atomic E-state index is 0.143. The molecule has 0 aliphatic carbocycles. The standard InChI is InChI=1S/C12H11N3O3/c13-11-2-1-8(6-14-11)15-12(18)7-3-9(16)5-10(17)4-7/h1-6,16-17H,(H2,13,14)(H,15,18). The number of nitrogens with zero attached hydrogens (tertiary/aromatic N) is 1. The summed E-state index contributed by atoms with van der Waals surface area (Å²) in [6.07, 6.45) is 1.41. The fraction of sp³-hybridized carbons (Fsp3) is 0. The van der Waals surface area contributed by atoms with Gasteiger partial charge in [-0.25, -0.2) is 4.98 Å². The van der Waals surface area contributed by atoms with E-state index in [9.17, 15) is 15.0 Å². The summed E-state index contributed by atoms with van der Waals surface area (Å²) in [7, 11) is 0. The highest BCUT2D eigenvalue weighted by molar-refractivity contribution is 6.04. The van der Waals surface area contributed by atoms with Crippen LogP contribution in [0, 0.1) is 0 Å². The minimum Gasteiger partial charge on any atom is -0.508 e. The van der Waals surface area contributed by atoms with Gasteiger partial charge >= 0.3 is 0 Å². The van der Waals surface area contributed by atoms with Crippen LogP contribution in [0.2, 0.25) is 0 Å². The number of phenolic OH excluding ortho intramolecular Hbond substituents is 2. The number of phenols is 2. The van der Waals surface area contributed by atoms with E-state index in [2.05, 4.69) is 10.3 Å². The molecule has 0 radical (unpaired) electrons. The molecule has 2 rings (SSSR count). The zero-order chi connectivity index (χ0) is 13.1. The third-order valence-electron chi connectivity index (χ3n) is 2.21. The summed E-state index contributed by atoms with van der Waals surface area (Å²) in [5.41, 5.74) is 6.03. The van der Waals surface area contributed by atoms with E-state index < -0.39 is 5.91 Å². The molecule has 1 aromatic heterocycles. The van der Waals surface area contributed by atoms with Crippen molar-refractivity contribution in [3.8, 4) is 11.5 Å². The van der Waals surface area contributed by atoms with E-state index in [0.29, 0.717) is 11.5 Å². The quantitative estimate of drug-likeness (QED) is 0.638. The number of aromatic hydroxyl groups is 2. The van der Waals surface area contributed by atoms with Crippen molar-refractivity contribution < 1.29 is 15.0 Å². The van der Waals surface area contributed by atoms with E-state index in [1.807, 2.05) is 0 Å². The molecule has 0 saturated carbocycles. The van der Waals surface area contributed by atoms with Crippen molar-refractivity contribution in [3.05, 3.63) is 42.1 Å². The van der Waals surface area contributed by atoms with Crippen LogP contribution in [-0.2, 0) is 0 Å². The van der Waals surface area contributed by atoms with E-state index in [4.69, 9.17) is 5.73 Å². The number of pyridine rings is 1. The molecule has 0 aliphatic heterocycles. The van der Waals surface area contributed by atoms with Crippen molar-refractivity contribution in [2.45, 2.75) is 0 Å². The van der Waals surface area contributed by atoms with Gasteiger partial charge in [-0.15, -0.1) is 0 Å². The van der Waals surface area contributed by atoms with Crippen LogP contribution in [0.15, 0.2) is 36.5 Å². The number of carbonyl (C=O) groups excluding carboxylic acids is 1. The molecule has 1 heterocycles. The Morgan fingerprint density at radius 1 is 1.17 bits per heavy atom. The minimum atomic E-state index is -0.465. The molecule has 0 bridgehead atoms. The first-order valence-electron chi connectivity index (χ1n) is 5.10. The van der Waals surface area contributed by atoms with E-state index >= 15 is 0 Å². The Morgan fingerprint density at radius 3 is 2.39 bits per heavy atom. The number of aromatic nitrogens is 1. The topological polar surface area (TPSA) is 108 Å². The number of hydrogen-bond donors (Lipinski definition) is 4. The number of hydrogen-bond acceptors (Lipinski definition) is 5. The average Bonchev–Trinajstić information content (AvgIpc) is 2.31. The van der Waals surface area contributed by atoms with E-state index in [0.717, 1.165) is 6.07 Å².